The Hall–Kier alpha value is -2.39. The minimum absolute atomic E-state index is 0.0739. The standard InChI is InChI=1S/C18H24BFN2O5/c1-10(23)22-9-12(19-26-17(2,3)18(4,5)27-19)6-11-7-13(20)8-14(15(11)21)16(24)25/h6-8H,9,21H2,1-5H3,(H,22,23)(H,24,25). The molecule has 0 spiro atoms. The number of carboxylic acid groups (broad SMARTS) is 1. The number of nitrogen functional groups attached to an aromatic ring is 1. The number of amides is 1. The number of nitrogens with one attached hydrogen (secondary N) is 1. The fourth-order valence-corrected chi connectivity index (χ4v) is 2.56. The number of aromatic carboxylic acids is 1. The summed E-state index contributed by atoms with van der Waals surface area (Å²) in [5.41, 5.74) is 4.90. The highest BCUT2D eigenvalue weighted by molar-refractivity contribution is 6.56. The summed E-state index contributed by atoms with van der Waals surface area (Å²) in [4.78, 5) is 22.6. The van der Waals surface area contributed by atoms with Crippen molar-refractivity contribution in [3.8, 4) is 0 Å². The maximum absolute atomic E-state index is 13.9. The van der Waals surface area contributed by atoms with Gasteiger partial charge in [-0.05, 0) is 45.3 Å². The number of carboxylic acids is 1. The molecule has 27 heavy (non-hydrogen) atoms. The summed E-state index contributed by atoms with van der Waals surface area (Å²) in [7, 11) is -0.808. The van der Waals surface area contributed by atoms with Gasteiger partial charge in [-0.25, -0.2) is 9.18 Å². The third-order valence-electron chi connectivity index (χ3n) is 4.85. The predicted molar refractivity (Wildman–Crippen MR) is 101 cm³/mol. The van der Waals surface area contributed by atoms with E-state index in [1.165, 1.54) is 13.0 Å². The van der Waals surface area contributed by atoms with Crippen LogP contribution in [0.15, 0.2) is 17.6 Å². The molecule has 0 saturated carbocycles. The molecule has 0 radical (unpaired) electrons. The summed E-state index contributed by atoms with van der Waals surface area (Å²) in [6, 6.07) is 1.98. The summed E-state index contributed by atoms with van der Waals surface area (Å²) in [5.74, 6) is -2.34. The summed E-state index contributed by atoms with van der Waals surface area (Å²) >= 11 is 0. The van der Waals surface area contributed by atoms with E-state index in [0.717, 1.165) is 12.1 Å². The molecule has 1 amide bonds. The molecule has 4 N–H and O–H groups in total. The van der Waals surface area contributed by atoms with Gasteiger partial charge in [0.05, 0.1) is 22.5 Å². The topological polar surface area (TPSA) is 111 Å². The molecule has 1 aliphatic heterocycles. The van der Waals surface area contributed by atoms with Gasteiger partial charge < -0.3 is 25.5 Å². The average Bonchev–Trinajstić information content (AvgIpc) is 2.74. The normalized spacial score (nSPS) is 18.4. The molecule has 146 valence electrons. The highest BCUT2D eigenvalue weighted by atomic mass is 19.1. The predicted octanol–water partition coefficient (Wildman–Crippen LogP) is 2.26. The van der Waals surface area contributed by atoms with E-state index in [9.17, 15) is 19.1 Å². The van der Waals surface area contributed by atoms with Crippen LogP contribution in [0.4, 0.5) is 10.1 Å². The van der Waals surface area contributed by atoms with Crippen LogP contribution < -0.4 is 11.1 Å². The molecular weight excluding hydrogens is 354 g/mol. The summed E-state index contributed by atoms with van der Waals surface area (Å²) in [6.45, 7) is 8.94. The van der Waals surface area contributed by atoms with Crippen molar-refractivity contribution in [2.24, 2.45) is 0 Å². The monoisotopic (exact) mass is 378 g/mol. The van der Waals surface area contributed by atoms with Crippen LogP contribution in [0.2, 0.25) is 0 Å². The van der Waals surface area contributed by atoms with Gasteiger partial charge in [-0.15, -0.1) is 0 Å². The highest BCUT2D eigenvalue weighted by Crippen LogP contribution is 2.39. The number of carbonyl (C=O) groups is 2. The molecule has 0 unspecified atom stereocenters. The fraction of sp³-hybridized carbons (Fsp3) is 0.444. The summed E-state index contributed by atoms with van der Waals surface area (Å²) in [5, 5.41) is 11.9. The maximum Gasteiger partial charge on any atom is 0.492 e. The number of anilines is 1. The van der Waals surface area contributed by atoms with Crippen LogP contribution in [-0.4, -0.2) is 41.8 Å². The lowest BCUT2D eigenvalue weighted by molar-refractivity contribution is -0.118. The Balaban J connectivity index is 2.49. The molecule has 1 aromatic carbocycles. The number of halogens is 1. The average molecular weight is 378 g/mol. The third kappa shape index (κ3) is 4.48. The molecule has 0 bridgehead atoms. The maximum atomic E-state index is 13.9. The second-order valence-corrected chi connectivity index (χ2v) is 7.48. The smallest absolute Gasteiger partial charge is 0.478 e. The molecule has 7 nitrogen and oxygen atoms in total. The molecule has 1 aliphatic rings. The first-order chi connectivity index (χ1) is 12.3. The fourth-order valence-electron chi connectivity index (χ4n) is 2.56. The Morgan fingerprint density at radius 1 is 1.26 bits per heavy atom. The van der Waals surface area contributed by atoms with Crippen LogP contribution in [0.25, 0.3) is 6.08 Å². The molecule has 0 aliphatic carbocycles. The Labute approximate surface area is 157 Å². The molecule has 2 rings (SSSR count). The van der Waals surface area contributed by atoms with Crippen molar-refractivity contribution in [3.05, 3.63) is 34.5 Å². The van der Waals surface area contributed by atoms with Crippen molar-refractivity contribution in [1.82, 2.24) is 5.32 Å². The molecule has 1 saturated heterocycles. The zero-order chi connectivity index (χ0) is 20.6. The summed E-state index contributed by atoms with van der Waals surface area (Å²) in [6.07, 6.45) is 1.49. The molecule has 0 atom stereocenters. The van der Waals surface area contributed by atoms with Gasteiger partial charge in [-0.1, -0.05) is 6.08 Å². The second-order valence-electron chi connectivity index (χ2n) is 7.48. The molecule has 1 aromatic rings. The van der Waals surface area contributed by atoms with E-state index in [1.54, 1.807) is 0 Å². The van der Waals surface area contributed by atoms with E-state index >= 15 is 0 Å². The minimum Gasteiger partial charge on any atom is -0.478 e. The first kappa shape index (κ1) is 20.9. The van der Waals surface area contributed by atoms with Gasteiger partial charge in [-0.3, -0.25) is 4.79 Å². The molecular formula is C18H24BFN2O5. The molecule has 1 fully saturated rings. The van der Waals surface area contributed by atoms with Gasteiger partial charge in [0.1, 0.15) is 5.82 Å². The lowest BCUT2D eigenvalue weighted by Crippen LogP contribution is -2.41. The van der Waals surface area contributed by atoms with Crippen molar-refractivity contribution in [3.63, 3.8) is 0 Å². The van der Waals surface area contributed by atoms with Gasteiger partial charge in [-0.2, -0.15) is 0 Å². The first-order valence-electron chi connectivity index (χ1n) is 8.47. The Bertz CT molecular complexity index is 791. The van der Waals surface area contributed by atoms with E-state index in [0.29, 0.717) is 5.47 Å². The number of nitrogens with two attached hydrogens (primary N) is 1. The molecule has 9 heteroatoms. The van der Waals surface area contributed by atoms with Gasteiger partial charge in [0, 0.05) is 19.0 Å². The SMILES string of the molecule is CC(=O)NCC(=Cc1cc(F)cc(C(=O)O)c1N)B1OC(C)(C)C(C)(C)O1. The van der Waals surface area contributed by atoms with E-state index in [4.69, 9.17) is 15.0 Å². The van der Waals surface area contributed by atoms with Crippen molar-refractivity contribution in [2.75, 3.05) is 12.3 Å². The van der Waals surface area contributed by atoms with Crippen molar-refractivity contribution >= 4 is 30.8 Å². The van der Waals surface area contributed by atoms with Crippen LogP contribution in [0.3, 0.4) is 0 Å². The molecule has 0 aromatic heterocycles. The second kappa shape index (κ2) is 7.32. The lowest BCUT2D eigenvalue weighted by Gasteiger charge is -2.32. The zero-order valence-corrected chi connectivity index (χ0v) is 16.1. The number of carbonyl (C=O) groups excluding carboxylic acids is 1. The largest absolute Gasteiger partial charge is 0.492 e. The van der Waals surface area contributed by atoms with Crippen LogP contribution in [-0.2, 0) is 14.1 Å². The van der Waals surface area contributed by atoms with Crippen molar-refractivity contribution in [1.29, 1.82) is 0 Å². The van der Waals surface area contributed by atoms with E-state index < -0.39 is 30.1 Å². The minimum atomic E-state index is -1.33. The quantitative estimate of drug-likeness (QED) is 0.536. The van der Waals surface area contributed by atoms with Gasteiger partial charge in [0.25, 0.3) is 0 Å². The van der Waals surface area contributed by atoms with Crippen LogP contribution >= 0.6 is 0 Å². The van der Waals surface area contributed by atoms with Crippen LogP contribution in [0.5, 0.6) is 0 Å². The van der Waals surface area contributed by atoms with E-state index in [2.05, 4.69) is 5.32 Å². The van der Waals surface area contributed by atoms with Gasteiger partial charge in [0.15, 0.2) is 0 Å². The number of rotatable bonds is 5. The van der Waals surface area contributed by atoms with E-state index in [-0.39, 0.29) is 29.3 Å². The molecule has 1 heterocycles. The Kier molecular flexibility index (Phi) is 5.67. The number of hydrogen-bond donors (Lipinski definition) is 3. The Morgan fingerprint density at radius 2 is 1.81 bits per heavy atom. The van der Waals surface area contributed by atoms with Crippen molar-refractivity contribution in [2.45, 2.75) is 45.8 Å². The third-order valence-corrected chi connectivity index (χ3v) is 4.85. The van der Waals surface area contributed by atoms with Gasteiger partial charge >= 0.3 is 13.1 Å². The Morgan fingerprint density at radius 3 is 2.30 bits per heavy atom. The number of hydrogen-bond acceptors (Lipinski definition) is 5. The van der Waals surface area contributed by atoms with Gasteiger partial charge in [0.2, 0.25) is 5.91 Å². The van der Waals surface area contributed by atoms with Crippen LogP contribution in [0, 0.1) is 5.82 Å². The van der Waals surface area contributed by atoms with E-state index in [1.807, 2.05) is 27.7 Å². The number of benzene rings is 1. The van der Waals surface area contributed by atoms with Crippen molar-refractivity contribution < 1.29 is 28.4 Å². The van der Waals surface area contributed by atoms with Crippen LogP contribution in [0.1, 0.15) is 50.5 Å². The summed E-state index contributed by atoms with van der Waals surface area (Å²) < 4.78 is 25.8. The lowest BCUT2D eigenvalue weighted by atomic mass is 9.76. The highest BCUT2D eigenvalue weighted by Gasteiger charge is 2.52. The first-order valence-corrected chi connectivity index (χ1v) is 8.47. The zero-order valence-electron chi connectivity index (χ0n) is 16.1.